The maximum absolute atomic E-state index is 13.3. The second kappa shape index (κ2) is 8.81. The van der Waals surface area contributed by atoms with Gasteiger partial charge in [0.1, 0.15) is 6.04 Å². The Morgan fingerprint density at radius 2 is 1.54 bits per heavy atom. The molecule has 2 aromatic rings. The number of rotatable bonds is 7. The Hall–Kier alpha value is -2.40. The predicted molar refractivity (Wildman–Crippen MR) is 106 cm³/mol. The fourth-order valence-corrected chi connectivity index (χ4v) is 3.16. The summed E-state index contributed by atoms with van der Waals surface area (Å²) in [6, 6.07) is 18.2. The third kappa shape index (κ3) is 4.41. The molecule has 0 saturated heterocycles. The minimum atomic E-state index is -0.956. The lowest BCUT2D eigenvalue weighted by Gasteiger charge is -2.31. The maximum Gasteiger partial charge on any atom is 0.328 e. The molecular formula is C21H22BrNO3. The molecule has 5 heteroatoms. The van der Waals surface area contributed by atoms with Gasteiger partial charge in [0.15, 0.2) is 0 Å². The first-order chi connectivity index (χ1) is 12.4. The summed E-state index contributed by atoms with van der Waals surface area (Å²) in [6.45, 7) is 5.61. The smallest absolute Gasteiger partial charge is 0.328 e. The van der Waals surface area contributed by atoms with Crippen molar-refractivity contribution in [1.29, 1.82) is 0 Å². The van der Waals surface area contributed by atoms with Crippen LogP contribution in [-0.4, -0.2) is 25.0 Å². The molecule has 0 saturated carbocycles. The summed E-state index contributed by atoms with van der Waals surface area (Å²) >= 11 is 3.25. The lowest BCUT2D eigenvalue weighted by atomic mass is 9.75. The van der Waals surface area contributed by atoms with Gasteiger partial charge < -0.3 is 10.1 Å². The fourth-order valence-electron chi connectivity index (χ4n) is 2.83. The number of carbonyl (C=O) groups is 2. The molecule has 1 N–H and O–H groups in total. The number of hydrogen-bond acceptors (Lipinski definition) is 3. The van der Waals surface area contributed by atoms with Gasteiger partial charge in [-0.05, 0) is 22.5 Å². The molecule has 26 heavy (non-hydrogen) atoms. The summed E-state index contributed by atoms with van der Waals surface area (Å²) in [6.07, 6.45) is 0.248. The number of ether oxygens (including phenoxy) is 1. The van der Waals surface area contributed by atoms with Crippen molar-refractivity contribution in [2.45, 2.75) is 24.8 Å². The van der Waals surface area contributed by atoms with Crippen LogP contribution in [0.2, 0.25) is 0 Å². The molecule has 0 aliphatic carbocycles. The number of methoxy groups -OCH3 is 1. The van der Waals surface area contributed by atoms with Crippen LogP contribution < -0.4 is 5.32 Å². The quantitative estimate of drug-likeness (QED) is 0.696. The van der Waals surface area contributed by atoms with Crippen LogP contribution in [0.4, 0.5) is 0 Å². The van der Waals surface area contributed by atoms with E-state index in [0.29, 0.717) is 4.48 Å². The van der Waals surface area contributed by atoms with E-state index in [9.17, 15) is 9.59 Å². The zero-order chi connectivity index (χ0) is 19.2. The number of carbonyl (C=O) groups excluding carboxylic acids is 2. The topological polar surface area (TPSA) is 55.4 Å². The van der Waals surface area contributed by atoms with Gasteiger partial charge in [-0.25, -0.2) is 4.79 Å². The summed E-state index contributed by atoms with van der Waals surface area (Å²) in [5.74, 6) is -0.790. The molecule has 0 aliphatic rings. The van der Waals surface area contributed by atoms with Crippen molar-refractivity contribution in [2.24, 2.45) is 0 Å². The number of halogens is 1. The molecule has 0 spiro atoms. The van der Waals surface area contributed by atoms with Gasteiger partial charge in [-0.3, -0.25) is 4.79 Å². The molecular weight excluding hydrogens is 394 g/mol. The average Bonchev–Trinajstić information content (AvgIpc) is 2.67. The van der Waals surface area contributed by atoms with Gasteiger partial charge in [0.2, 0.25) is 5.91 Å². The summed E-state index contributed by atoms with van der Waals surface area (Å²) in [7, 11) is 1.30. The standard InChI is InChI=1S/C21H22BrNO3/c1-15(22)14-18(19(24)26-3)23-20(25)21(2,16-10-6-4-7-11-16)17-12-8-5-9-13-17/h4-13,18H,1,14H2,2-3H3,(H,23,25)/t18-/m0/s1. The first-order valence-electron chi connectivity index (χ1n) is 8.22. The van der Waals surface area contributed by atoms with Gasteiger partial charge in [0.25, 0.3) is 0 Å². The van der Waals surface area contributed by atoms with E-state index in [4.69, 9.17) is 4.74 Å². The molecule has 0 unspecified atom stereocenters. The Labute approximate surface area is 162 Å². The molecule has 0 heterocycles. The highest BCUT2D eigenvalue weighted by atomic mass is 79.9. The largest absolute Gasteiger partial charge is 0.467 e. The van der Waals surface area contributed by atoms with Crippen LogP contribution in [0.1, 0.15) is 24.5 Å². The normalized spacial score (nSPS) is 12.1. The van der Waals surface area contributed by atoms with Crippen molar-refractivity contribution in [3.63, 3.8) is 0 Å². The number of esters is 1. The number of amides is 1. The Balaban J connectivity index is 2.44. The molecule has 0 aliphatic heterocycles. The van der Waals surface area contributed by atoms with Crippen molar-refractivity contribution in [3.05, 3.63) is 82.9 Å². The minimum Gasteiger partial charge on any atom is -0.467 e. The molecule has 1 amide bonds. The third-order valence-corrected chi connectivity index (χ3v) is 4.70. The van der Waals surface area contributed by atoms with Gasteiger partial charge in [0.05, 0.1) is 12.5 Å². The van der Waals surface area contributed by atoms with E-state index in [0.717, 1.165) is 11.1 Å². The second-order valence-electron chi connectivity index (χ2n) is 6.13. The Kier molecular flexibility index (Phi) is 6.75. The van der Waals surface area contributed by atoms with Crippen LogP contribution in [0.5, 0.6) is 0 Å². The molecule has 136 valence electrons. The minimum absolute atomic E-state index is 0.248. The van der Waals surface area contributed by atoms with Gasteiger partial charge in [-0.15, -0.1) is 0 Å². The van der Waals surface area contributed by atoms with Gasteiger partial charge in [-0.1, -0.05) is 83.2 Å². The summed E-state index contributed by atoms with van der Waals surface area (Å²) < 4.78 is 5.43. The predicted octanol–water partition coefficient (Wildman–Crippen LogP) is 3.95. The highest BCUT2D eigenvalue weighted by Crippen LogP contribution is 2.32. The van der Waals surface area contributed by atoms with Crippen molar-refractivity contribution in [3.8, 4) is 0 Å². The number of nitrogens with one attached hydrogen (secondary N) is 1. The first-order valence-corrected chi connectivity index (χ1v) is 9.02. The van der Waals surface area contributed by atoms with Gasteiger partial charge in [-0.2, -0.15) is 0 Å². The SMILES string of the molecule is C=C(Br)C[C@H](NC(=O)C(C)(c1ccccc1)c1ccccc1)C(=O)OC. The zero-order valence-corrected chi connectivity index (χ0v) is 16.5. The van der Waals surface area contributed by atoms with Crippen LogP contribution in [0.15, 0.2) is 71.7 Å². The number of benzene rings is 2. The van der Waals surface area contributed by atoms with E-state index in [1.54, 1.807) is 0 Å². The van der Waals surface area contributed by atoms with Crippen LogP contribution in [-0.2, 0) is 19.7 Å². The number of hydrogen-bond donors (Lipinski definition) is 1. The van der Waals surface area contributed by atoms with Crippen LogP contribution in [0, 0.1) is 0 Å². The lowest BCUT2D eigenvalue weighted by Crippen LogP contribution is -2.50. The van der Waals surface area contributed by atoms with Crippen LogP contribution in [0.25, 0.3) is 0 Å². The Morgan fingerprint density at radius 1 is 1.08 bits per heavy atom. The summed E-state index contributed by atoms with van der Waals surface area (Å²) in [5, 5.41) is 2.83. The molecule has 0 radical (unpaired) electrons. The monoisotopic (exact) mass is 415 g/mol. The van der Waals surface area contributed by atoms with E-state index in [1.807, 2.05) is 67.6 Å². The van der Waals surface area contributed by atoms with Crippen LogP contribution in [0.3, 0.4) is 0 Å². The third-order valence-electron chi connectivity index (χ3n) is 4.37. The van der Waals surface area contributed by atoms with Gasteiger partial charge >= 0.3 is 5.97 Å². The lowest BCUT2D eigenvalue weighted by molar-refractivity contribution is -0.145. The Bertz CT molecular complexity index is 735. The van der Waals surface area contributed by atoms with E-state index >= 15 is 0 Å². The fraction of sp³-hybridized carbons (Fsp3) is 0.238. The molecule has 2 rings (SSSR count). The summed E-state index contributed by atoms with van der Waals surface area (Å²) in [4.78, 5) is 25.4. The maximum atomic E-state index is 13.3. The van der Waals surface area contributed by atoms with E-state index in [2.05, 4.69) is 27.8 Å². The highest BCUT2D eigenvalue weighted by Gasteiger charge is 2.39. The van der Waals surface area contributed by atoms with Crippen molar-refractivity contribution < 1.29 is 14.3 Å². The molecule has 0 aromatic heterocycles. The summed E-state index contributed by atoms with van der Waals surface area (Å²) in [5.41, 5.74) is 0.720. The Morgan fingerprint density at radius 3 is 1.92 bits per heavy atom. The van der Waals surface area contributed by atoms with Crippen molar-refractivity contribution in [1.82, 2.24) is 5.32 Å². The zero-order valence-electron chi connectivity index (χ0n) is 14.9. The van der Waals surface area contributed by atoms with E-state index in [-0.39, 0.29) is 12.3 Å². The molecule has 2 aromatic carbocycles. The van der Waals surface area contributed by atoms with Crippen LogP contribution >= 0.6 is 15.9 Å². The molecule has 1 atom stereocenters. The molecule has 0 bridgehead atoms. The van der Waals surface area contributed by atoms with Crippen molar-refractivity contribution in [2.75, 3.05) is 7.11 Å². The van der Waals surface area contributed by atoms with E-state index in [1.165, 1.54) is 7.11 Å². The highest BCUT2D eigenvalue weighted by molar-refractivity contribution is 9.11. The second-order valence-corrected chi connectivity index (χ2v) is 7.25. The van der Waals surface area contributed by atoms with E-state index < -0.39 is 17.4 Å². The van der Waals surface area contributed by atoms with Crippen molar-refractivity contribution >= 4 is 27.8 Å². The first kappa shape index (κ1) is 19.9. The van der Waals surface area contributed by atoms with Gasteiger partial charge in [0, 0.05) is 6.42 Å². The average molecular weight is 416 g/mol. The molecule has 4 nitrogen and oxygen atoms in total. The molecule has 0 fully saturated rings.